The van der Waals surface area contributed by atoms with Crippen molar-refractivity contribution in [3.05, 3.63) is 29.8 Å². The molecule has 0 heterocycles. The monoisotopic (exact) mass is 292 g/mol. The Labute approximate surface area is 125 Å². The molecule has 0 saturated heterocycles. The highest BCUT2D eigenvalue weighted by molar-refractivity contribution is 5.97. The van der Waals surface area contributed by atoms with E-state index in [0.717, 1.165) is 37.8 Å². The lowest BCUT2D eigenvalue weighted by Gasteiger charge is -2.28. The topological polar surface area (TPSA) is 94.0 Å². The van der Waals surface area contributed by atoms with Gasteiger partial charge in [0.15, 0.2) is 5.54 Å². The molecule has 2 rings (SSSR count). The van der Waals surface area contributed by atoms with Crippen molar-refractivity contribution in [2.75, 3.05) is 5.32 Å². The molecule has 0 bridgehead atoms. The second-order valence-corrected chi connectivity index (χ2v) is 5.40. The quantitative estimate of drug-likeness (QED) is 0.741. The zero-order valence-corrected chi connectivity index (χ0v) is 12.5. The van der Waals surface area contributed by atoms with E-state index in [1.807, 2.05) is 18.2 Å². The summed E-state index contributed by atoms with van der Waals surface area (Å²) in [7, 11) is 0. The molecule has 0 spiro atoms. The maximum absolute atomic E-state index is 12.4. The minimum Gasteiger partial charge on any atom is -0.665 e. The Hall–Kier alpha value is -1.88. The van der Waals surface area contributed by atoms with E-state index in [9.17, 15) is 4.79 Å². The Morgan fingerprint density at radius 1 is 1.33 bits per heavy atom. The van der Waals surface area contributed by atoms with Gasteiger partial charge in [-0.25, -0.2) is 0 Å². The number of carbonyl (C=O) groups excluding carboxylic acids is 1. The number of quaternary nitrogens is 1. The number of para-hydroxylation sites is 1. The lowest BCUT2D eigenvalue weighted by molar-refractivity contribution is -0.463. The first-order valence-electron chi connectivity index (χ1n) is 7.33. The van der Waals surface area contributed by atoms with Crippen LogP contribution in [0.5, 0.6) is 0 Å². The van der Waals surface area contributed by atoms with Gasteiger partial charge in [-0.3, -0.25) is 4.79 Å². The van der Waals surface area contributed by atoms with Gasteiger partial charge in [-0.2, -0.15) is 0 Å². The number of hydrogen-bond acceptors (Lipinski definition) is 2. The summed E-state index contributed by atoms with van der Waals surface area (Å²) < 4.78 is 0. The van der Waals surface area contributed by atoms with E-state index >= 15 is 0 Å². The van der Waals surface area contributed by atoms with Crippen LogP contribution in [0.2, 0.25) is 0 Å². The van der Waals surface area contributed by atoms with E-state index in [2.05, 4.69) is 24.0 Å². The Balaban J connectivity index is 0.000000677. The van der Waals surface area contributed by atoms with E-state index in [4.69, 9.17) is 9.90 Å². The summed E-state index contributed by atoms with van der Waals surface area (Å²) in [5, 5.41) is 9.83. The minimum absolute atomic E-state index is 0.0862. The van der Waals surface area contributed by atoms with Gasteiger partial charge < -0.3 is 21.0 Å². The Bertz CT molecular complexity index is 468. The van der Waals surface area contributed by atoms with Crippen molar-refractivity contribution in [2.45, 2.75) is 51.0 Å². The molecule has 5 N–H and O–H groups in total. The molecule has 1 aliphatic carbocycles. The Kier molecular flexibility index (Phi) is 6.88. The van der Waals surface area contributed by atoms with Gasteiger partial charge in [0.2, 0.25) is 0 Å². The van der Waals surface area contributed by atoms with Gasteiger partial charge in [0.1, 0.15) is 0 Å². The fourth-order valence-electron chi connectivity index (χ4n) is 2.66. The van der Waals surface area contributed by atoms with Crippen LogP contribution in [0.4, 0.5) is 5.69 Å². The zero-order valence-electron chi connectivity index (χ0n) is 12.5. The third-order valence-corrected chi connectivity index (χ3v) is 3.94. The number of anilines is 1. The van der Waals surface area contributed by atoms with E-state index < -0.39 is 5.54 Å². The minimum atomic E-state index is -0.418. The maximum atomic E-state index is 12.4. The highest BCUT2D eigenvalue weighted by Crippen LogP contribution is 2.26. The molecule has 0 aliphatic heterocycles. The fourth-order valence-corrected chi connectivity index (χ4v) is 2.66. The predicted octanol–water partition coefficient (Wildman–Crippen LogP) is 1.74. The lowest BCUT2D eigenvalue weighted by Crippen LogP contribution is -2.78. The van der Waals surface area contributed by atoms with Gasteiger partial charge in [0, 0.05) is 18.5 Å². The van der Waals surface area contributed by atoms with Crippen LogP contribution in [-0.4, -0.2) is 23.0 Å². The molecule has 0 radical (unpaired) electrons. The molecule has 116 valence electrons. The number of hydrogen-bond donors (Lipinski definition) is 3. The molecule has 0 unspecified atom stereocenters. The van der Waals surface area contributed by atoms with Crippen LogP contribution in [0.25, 0.3) is 0 Å². The summed E-state index contributed by atoms with van der Waals surface area (Å²) in [6.07, 6.45) is 6.22. The third-order valence-electron chi connectivity index (χ3n) is 3.94. The van der Waals surface area contributed by atoms with Gasteiger partial charge >= 0.3 is 0 Å². The first-order valence-corrected chi connectivity index (χ1v) is 7.33. The van der Waals surface area contributed by atoms with Crippen molar-refractivity contribution in [3.8, 4) is 0 Å². The van der Waals surface area contributed by atoms with Gasteiger partial charge in [0.25, 0.3) is 5.91 Å². The van der Waals surface area contributed by atoms with Crippen molar-refractivity contribution in [2.24, 2.45) is 0 Å². The molecule has 1 amide bonds. The lowest BCUT2D eigenvalue weighted by atomic mass is 9.82. The number of benzene rings is 1. The van der Waals surface area contributed by atoms with Crippen molar-refractivity contribution >= 4 is 18.1 Å². The van der Waals surface area contributed by atoms with Gasteiger partial charge in [-0.05, 0) is 30.9 Å². The molecule has 0 atom stereocenters. The highest BCUT2D eigenvalue weighted by Gasteiger charge is 2.39. The summed E-state index contributed by atoms with van der Waals surface area (Å²) in [5.74, 6) is 0.0862. The number of amides is 1. The van der Waals surface area contributed by atoms with Crippen LogP contribution in [0.15, 0.2) is 24.3 Å². The molecule has 1 saturated carbocycles. The largest absolute Gasteiger partial charge is 0.665 e. The van der Waals surface area contributed by atoms with Gasteiger partial charge in [-0.15, -0.1) is 0 Å². The molecule has 1 fully saturated rings. The second kappa shape index (κ2) is 8.42. The highest BCUT2D eigenvalue weighted by atomic mass is 16.3. The van der Waals surface area contributed by atoms with E-state index in [1.54, 1.807) is 0 Å². The summed E-state index contributed by atoms with van der Waals surface area (Å²) in [6, 6.07) is 8.01. The molecule has 0 aromatic heterocycles. The molecule has 1 aliphatic rings. The first kappa shape index (κ1) is 17.2. The number of carbonyl (C=O) groups is 1. The molecule has 1 aromatic rings. The number of nitrogens with one attached hydrogen (secondary N) is 1. The third kappa shape index (κ3) is 4.86. The number of aryl methyl sites for hydroxylation is 1. The molecule has 21 heavy (non-hydrogen) atoms. The summed E-state index contributed by atoms with van der Waals surface area (Å²) in [4.78, 5) is 20.6. The van der Waals surface area contributed by atoms with Crippen LogP contribution in [0.3, 0.4) is 0 Å². The SMILES string of the molecule is CCc1ccccc1NC(=O)C1([NH3+])CCCCC1.O=[C-]O. The molecular weight excluding hydrogens is 268 g/mol. The molecule has 5 nitrogen and oxygen atoms in total. The number of rotatable bonds is 3. The number of aliphatic hydroxyl groups excluding tert-OH is 1. The molecule has 1 aromatic carbocycles. The Morgan fingerprint density at radius 2 is 1.90 bits per heavy atom. The van der Waals surface area contributed by atoms with Gasteiger partial charge in [0.05, 0.1) is 0 Å². The fraction of sp³-hybridized carbons (Fsp3) is 0.500. The summed E-state index contributed by atoms with van der Waals surface area (Å²) in [5.41, 5.74) is 5.88. The van der Waals surface area contributed by atoms with Crippen LogP contribution < -0.4 is 11.1 Å². The van der Waals surface area contributed by atoms with Crippen LogP contribution in [0.1, 0.15) is 44.6 Å². The average Bonchev–Trinajstić information content (AvgIpc) is 2.49. The van der Waals surface area contributed by atoms with E-state index in [1.165, 1.54) is 12.0 Å². The first-order chi connectivity index (χ1) is 10.1. The average molecular weight is 292 g/mol. The zero-order chi connectivity index (χ0) is 15.7. The van der Waals surface area contributed by atoms with Crippen LogP contribution in [-0.2, 0) is 16.0 Å². The van der Waals surface area contributed by atoms with Crippen molar-refractivity contribution in [1.29, 1.82) is 0 Å². The van der Waals surface area contributed by atoms with Crippen LogP contribution >= 0.6 is 0 Å². The normalized spacial score (nSPS) is 16.3. The van der Waals surface area contributed by atoms with Gasteiger partial charge in [-0.1, -0.05) is 38.0 Å². The van der Waals surface area contributed by atoms with Crippen LogP contribution in [0, 0.1) is 0 Å². The predicted molar refractivity (Wildman–Crippen MR) is 81.5 cm³/mol. The standard InChI is InChI=1S/C15H22N2O.CHO2/c1-2-12-8-4-5-9-13(12)17-14(18)15(16)10-6-3-7-11-15;2-1-3/h4-5,8-9H,2-3,6-7,10-11,16H2,1H3,(H,17,18);(H,2,3)/q;-1/p+1. The molecular formula is C16H24N2O3. The molecule has 5 heteroatoms. The second-order valence-electron chi connectivity index (χ2n) is 5.40. The van der Waals surface area contributed by atoms with Crippen molar-refractivity contribution in [1.82, 2.24) is 0 Å². The van der Waals surface area contributed by atoms with E-state index in [-0.39, 0.29) is 5.91 Å². The maximum Gasteiger partial charge on any atom is 0.285 e. The van der Waals surface area contributed by atoms with Crippen molar-refractivity contribution in [3.63, 3.8) is 0 Å². The summed E-state index contributed by atoms with van der Waals surface area (Å²) in [6.45, 7) is 2.60. The smallest absolute Gasteiger partial charge is 0.285 e. The van der Waals surface area contributed by atoms with E-state index in [0.29, 0.717) is 6.47 Å². The summed E-state index contributed by atoms with van der Waals surface area (Å²) >= 11 is 0. The Morgan fingerprint density at radius 3 is 2.48 bits per heavy atom. The van der Waals surface area contributed by atoms with Crippen molar-refractivity contribution < 1.29 is 20.4 Å².